The highest BCUT2D eigenvalue weighted by molar-refractivity contribution is 6.43. The Morgan fingerprint density at radius 1 is 0.614 bits per heavy atom. The Morgan fingerprint density at radius 3 is 1.53 bits per heavy atom. The summed E-state index contributed by atoms with van der Waals surface area (Å²) in [5, 5.41) is 55.7. The first-order valence-electron chi connectivity index (χ1n) is 20.0. The SMILES string of the molecule is CC(C)[C@H](NC(=O)CCCCCCCNC(=O)CN1CCN(CC(=O)O)CCN(CC(=O)O)CCN(CC(=O)O)CC1)C(=O)N[C@H](C)C(=O)N1CCC[C@H]1B(O)O. The van der Waals surface area contributed by atoms with Crippen molar-refractivity contribution in [1.29, 1.82) is 0 Å². The van der Waals surface area contributed by atoms with Crippen molar-refractivity contribution in [3.05, 3.63) is 0 Å². The molecule has 0 saturated carbocycles. The largest absolute Gasteiger partial charge is 0.480 e. The van der Waals surface area contributed by atoms with Crippen LogP contribution >= 0.6 is 0 Å². The lowest BCUT2D eigenvalue weighted by atomic mass is 9.78. The van der Waals surface area contributed by atoms with Crippen LogP contribution in [0.1, 0.15) is 72.1 Å². The van der Waals surface area contributed by atoms with Gasteiger partial charge in [-0.05, 0) is 38.5 Å². The van der Waals surface area contributed by atoms with E-state index in [9.17, 15) is 58.9 Å². The third-order valence-corrected chi connectivity index (χ3v) is 10.2. The van der Waals surface area contributed by atoms with E-state index in [1.807, 2.05) is 4.90 Å². The molecule has 2 aliphatic heterocycles. The average Bonchev–Trinajstić information content (AvgIpc) is 3.62. The molecule has 8 N–H and O–H groups in total. The van der Waals surface area contributed by atoms with Gasteiger partial charge in [-0.1, -0.05) is 33.1 Å². The van der Waals surface area contributed by atoms with E-state index in [4.69, 9.17) is 0 Å². The molecule has 20 nitrogen and oxygen atoms in total. The van der Waals surface area contributed by atoms with E-state index in [-0.39, 0.29) is 63.4 Å². The van der Waals surface area contributed by atoms with E-state index in [2.05, 4.69) is 16.0 Å². The smallest absolute Gasteiger partial charge is 0.475 e. The van der Waals surface area contributed by atoms with E-state index in [1.54, 1.807) is 28.5 Å². The zero-order valence-corrected chi connectivity index (χ0v) is 33.8. The summed E-state index contributed by atoms with van der Waals surface area (Å²) in [6, 6.07) is -1.75. The number of unbranched alkanes of at least 4 members (excludes halogenated alkanes) is 4. The summed E-state index contributed by atoms with van der Waals surface area (Å²) < 4.78 is 0. The predicted octanol–water partition coefficient (Wildman–Crippen LogP) is -2.43. The maximum atomic E-state index is 13.0. The van der Waals surface area contributed by atoms with Crippen molar-refractivity contribution in [1.82, 2.24) is 40.4 Å². The second-order valence-electron chi connectivity index (χ2n) is 15.3. The molecule has 0 unspecified atom stereocenters. The number of carbonyl (C=O) groups excluding carboxylic acids is 4. The molecule has 21 heteroatoms. The number of carbonyl (C=O) groups is 7. The van der Waals surface area contributed by atoms with Gasteiger partial charge in [-0.3, -0.25) is 53.2 Å². The Morgan fingerprint density at radius 2 is 1.07 bits per heavy atom. The second-order valence-corrected chi connectivity index (χ2v) is 15.3. The van der Waals surface area contributed by atoms with Crippen LogP contribution in [0.4, 0.5) is 0 Å². The monoisotopic (exact) mass is 812 g/mol. The Balaban J connectivity index is 1.75. The topological polar surface area (TPSA) is 273 Å². The van der Waals surface area contributed by atoms with Gasteiger partial charge in [-0.15, -0.1) is 0 Å². The van der Waals surface area contributed by atoms with Crippen LogP contribution in [0, 0.1) is 5.92 Å². The number of nitrogens with one attached hydrogen (secondary N) is 3. The highest BCUT2D eigenvalue weighted by Crippen LogP contribution is 2.19. The third-order valence-electron chi connectivity index (χ3n) is 10.2. The number of amides is 4. The standard InChI is InChI=1S/C36H65BN8O12/c1-26(2)34(35(54)39-27(3)36(55)45-13-9-10-28(45)37(56)57)40-29(46)11-7-5-4-6-8-12-38-30(47)22-41-14-16-42(23-31(48)49)18-20-44(25-33(52)53)21-19-43(17-15-41)24-32(50)51/h26-28,34,56-57H,4-25H2,1-3H3,(H,38,47)(H,39,54)(H,40,46)(H,48,49)(H,50,51)(H,52,53)/t27-,28+,34+/m1/s1. The fourth-order valence-corrected chi connectivity index (χ4v) is 6.98. The lowest BCUT2D eigenvalue weighted by molar-refractivity contribution is -0.140. The summed E-state index contributed by atoms with van der Waals surface area (Å²) in [7, 11) is -1.66. The minimum absolute atomic E-state index is 0.0411. The first-order valence-corrected chi connectivity index (χ1v) is 20.0. The minimum atomic E-state index is -1.66. The maximum absolute atomic E-state index is 13.0. The van der Waals surface area contributed by atoms with Gasteiger partial charge in [0.15, 0.2) is 0 Å². The van der Waals surface area contributed by atoms with Crippen molar-refractivity contribution in [3.8, 4) is 0 Å². The van der Waals surface area contributed by atoms with E-state index in [0.29, 0.717) is 78.0 Å². The van der Waals surface area contributed by atoms with E-state index < -0.39 is 54.9 Å². The van der Waals surface area contributed by atoms with Crippen LogP contribution in [0.15, 0.2) is 0 Å². The molecule has 0 aromatic rings. The van der Waals surface area contributed by atoms with E-state index in [0.717, 1.165) is 19.3 Å². The molecular formula is C36H65BN8O12. The van der Waals surface area contributed by atoms with Crippen molar-refractivity contribution in [3.63, 3.8) is 0 Å². The Labute approximate surface area is 335 Å². The molecule has 324 valence electrons. The number of nitrogens with zero attached hydrogens (tertiary/aromatic N) is 5. The van der Waals surface area contributed by atoms with Crippen LogP contribution in [-0.2, 0) is 33.6 Å². The van der Waals surface area contributed by atoms with Crippen LogP contribution < -0.4 is 16.0 Å². The van der Waals surface area contributed by atoms with Crippen molar-refractivity contribution in [2.24, 2.45) is 5.92 Å². The molecule has 2 rings (SSSR count). The van der Waals surface area contributed by atoms with Gasteiger partial charge >= 0.3 is 25.0 Å². The fraction of sp³-hybridized carbons (Fsp3) is 0.806. The summed E-state index contributed by atoms with van der Waals surface area (Å²) in [6.07, 6.45) is 5.03. The van der Waals surface area contributed by atoms with Crippen molar-refractivity contribution in [2.75, 3.05) is 91.6 Å². The van der Waals surface area contributed by atoms with E-state index in [1.165, 1.54) is 11.8 Å². The molecule has 0 aromatic carbocycles. The molecule has 2 aliphatic rings. The molecule has 2 saturated heterocycles. The first-order chi connectivity index (χ1) is 27.0. The second kappa shape index (κ2) is 26.2. The molecule has 3 atom stereocenters. The van der Waals surface area contributed by atoms with Gasteiger partial charge < -0.3 is 46.2 Å². The number of rotatable bonds is 22. The number of aliphatic carboxylic acids is 3. The van der Waals surface area contributed by atoms with Crippen LogP contribution in [0.5, 0.6) is 0 Å². The zero-order valence-electron chi connectivity index (χ0n) is 33.8. The van der Waals surface area contributed by atoms with Crippen LogP contribution in [0.25, 0.3) is 0 Å². The summed E-state index contributed by atoms with van der Waals surface area (Å²) in [4.78, 5) is 94.2. The van der Waals surface area contributed by atoms with Crippen LogP contribution in [-0.4, -0.2) is 208 Å². The number of hydrogen-bond donors (Lipinski definition) is 8. The summed E-state index contributed by atoms with van der Waals surface area (Å²) >= 11 is 0. The highest BCUT2D eigenvalue weighted by Gasteiger charge is 2.39. The van der Waals surface area contributed by atoms with Gasteiger partial charge in [0.2, 0.25) is 23.6 Å². The number of hydrogen-bond acceptors (Lipinski definition) is 13. The van der Waals surface area contributed by atoms with Gasteiger partial charge in [0, 0.05) is 71.9 Å². The summed E-state index contributed by atoms with van der Waals surface area (Å²) in [5.74, 6) is -5.43. The predicted molar refractivity (Wildman–Crippen MR) is 209 cm³/mol. The quantitative estimate of drug-likeness (QED) is 0.0417. The van der Waals surface area contributed by atoms with Crippen molar-refractivity contribution < 1.29 is 58.9 Å². The molecule has 0 radical (unpaired) electrons. The molecule has 2 fully saturated rings. The first kappa shape index (κ1) is 49.3. The Kier molecular flexibility index (Phi) is 22.6. The molecule has 0 aromatic heterocycles. The molecule has 2 heterocycles. The molecule has 57 heavy (non-hydrogen) atoms. The molecule has 0 bridgehead atoms. The average molecular weight is 813 g/mol. The summed E-state index contributed by atoms with van der Waals surface area (Å²) in [6.45, 7) is 7.74. The normalized spacial score (nSPS) is 19.2. The fourth-order valence-electron chi connectivity index (χ4n) is 6.98. The molecular weight excluding hydrogens is 747 g/mol. The maximum Gasteiger partial charge on any atom is 0.475 e. The Bertz CT molecular complexity index is 1300. The summed E-state index contributed by atoms with van der Waals surface area (Å²) in [5.41, 5.74) is 0. The minimum Gasteiger partial charge on any atom is -0.480 e. The third kappa shape index (κ3) is 19.9. The number of carboxylic acid groups (broad SMARTS) is 3. The van der Waals surface area contributed by atoms with Crippen LogP contribution in [0.2, 0.25) is 0 Å². The van der Waals surface area contributed by atoms with Gasteiger partial charge in [-0.25, -0.2) is 0 Å². The lowest BCUT2D eigenvalue weighted by Crippen LogP contribution is -2.56. The van der Waals surface area contributed by atoms with Crippen molar-refractivity contribution in [2.45, 2.75) is 90.2 Å². The zero-order chi connectivity index (χ0) is 42.5. The van der Waals surface area contributed by atoms with Crippen LogP contribution in [0.3, 0.4) is 0 Å². The molecule has 0 aliphatic carbocycles. The van der Waals surface area contributed by atoms with Gasteiger partial charge in [-0.2, -0.15) is 0 Å². The van der Waals surface area contributed by atoms with Crippen molar-refractivity contribution >= 4 is 48.7 Å². The van der Waals surface area contributed by atoms with E-state index >= 15 is 0 Å². The van der Waals surface area contributed by atoms with Gasteiger partial charge in [0.05, 0.1) is 32.1 Å². The van der Waals surface area contributed by atoms with Gasteiger partial charge in [0.1, 0.15) is 12.1 Å². The highest BCUT2D eigenvalue weighted by atomic mass is 16.4. The van der Waals surface area contributed by atoms with Gasteiger partial charge in [0.25, 0.3) is 0 Å². The molecule has 0 spiro atoms. The number of carboxylic acids is 3. The Hall–Kier alpha value is -3.89. The molecule has 4 amide bonds. The lowest BCUT2D eigenvalue weighted by Gasteiger charge is -2.32. The number of likely N-dealkylation sites (tertiary alicyclic amines) is 1.